The van der Waals surface area contributed by atoms with Gasteiger partial charge in [-0.1, -0.05) is 34.6 Å². The van der Waals surface area contributed by atoms with E-state index in [0.29, 0.717) is 11.5 Å². The van der Waals surface area contributed by atoms with Gasteiger partial charge in [0.05, 0.1) is 0 Å². The summed E-state index contributed by atoms with van der Waals surface area (Å²) in [7, 11) is 0. The zero-order chi connectivity index (χ0) is 15.0. The summed E-state index contributed by atoms with van der Waals surface area (Å²) in [4.78, 5) is 5.16. The average molecular weight is 284 g/mol. The van der Waals surface area contributed by atoms with Crippen molar-refractivity contribution in [2.24, 2.45) is 5.41 Å². The molecule has 0 aromatic rings. The van der Waals surface area contributed by atoms with Gasteiger partial charge in [0.1, 0.15) is 0 Å². The Morgan fingerprint density at radius 2 is 1.60 bits per heavy atom. The second-order valence-electron chi connectivity index (χ2n) is 6.87. The van der Waals surface area contributed by atoms with Gasteiger partial charge in [-0.25, -0.2) is 0 Å². The number of rotatable bonds is 9. The second-order valence-corrected chi connectivity index (χ2v) is 6.87. The molecule has 1 N–H and O–H groups in total. The standard InChI is InChI=1S/C17H37N3/c1-6-19(7-2)13-10-14-20(8-3)15-16-17(4,5)11-9-12-18-16/h16,18H,6-15H2,1-5H3. The predicted molar refractivity (Wildman–Crippen MR) is 89.3 cm³/mol. The molecule has 3 nitrogen and oxygen atoms in total. The largest absolute Gasteiger partial charge is 0.312 e. The van der Waals surface area contributed by atoms with Gasteiger partial charge in [0.15, 0.2) is 0 Å². The molecule has 1 atom stereocenters. The van der Waals surface area contributed by atoms with E-state index in [1.807, 2.05) is 0 Å². The van der Waals surface area contributed by atoms with Gasteiger partial charge in [0.25, 0.3) is 0 Å². The summed E-state index contributed by atoms with van der Waals surface area (Å²) in [5.41, 5.74) is 0.449. The highest BCUT2D eigenvalue weighted by Crippen LogP contribution is 2.30. The van der Waals surface area contributed by atoms with Crippen molar-refractivity contribution in [3.05, 3.63) is 0 Å². The van der Waals surface area contributed by atoms with Crippen LogP contribution < -0.4 is 5.32 Å². The molecule has 0 radical (unpaired) electrons. The maximum atomic E-state index is 3.74. The Kier molecular flexibility index (Phi) is 8.08. The lowest BCUT2D eigenvalue weighted by atomic mass is 9.77. The van der Waals surface area contributed by atoms with E-state index >= 15 is 0 Å². The molecule has 1 heterocycles. The Balaban J connectivity index is 2.35. The summed E-state index contributed by atoms with van der Waals surface area (Å²) in [6.45, 7) is 20.1. The molecule has 1 rings (SSSR count). The normalized spacial score (nSPS) is 22.6. The third kappa shape index (κ3) is 5.71. The molecular formula is C17H37N3. The maximum Gasteiger partial charge on any atom is 0.0246 e. The third-order valence-electron chi connectivity index (χ3n) is 5.06. The highest BCUT2D eigenvalue weighted by molar-refractivity contribution is 4.90. The van der Waals surface area contributed by atoms with Gasteiger partial charge in [0, 0.05) is 12.6 Å². The molecule has 0 aromatic heterocycles. The first-order valence-electron chi connectivity index (χ1n) is 8.71. The molecule has 0 aromatic carbocycles. The Bertz CT molecular complexity index is 249. The lowest BCUT2D eigenvalue weighted by Gasteiger charge is -2.42. The number of hydrogen-bond acceptors (Lipinski definition) is 3. The molecule has 0 aliphatic carbocycles. The molecule has 0 saturated carbocycles. The van der Waals surface area contributed by atoms with Gasteiger partial charge < -0.3 is 15.1 Å². The molecule has 120 valence electrons. The fourth-order valence-corrected chi connectivity index (χ4v) is 3.28. The fourth-order valence-electron chi connectivity index (χ4n) is 3.28. The maximum absolute atomic E-state index is 3.74. The van der Waals surface area contributed by atoms with Crippen molar-refractivity contribution < 1.29 is 0 Å². The van der Waals surface area contributed by atoms with Crippen molar-refractivity contribution >= 4 is 0 Å². The van der Waals surface area contributed by atoms with Crippen LogP contribution in [0.4, 0.5) is 0 Å². The van der Waals surface area contributed by atoms with E-state index in [9.17, 15) is 0 Å². The average Bonchev–Trinajstić information content (AvgIpc) is 2.44. The van der Waals surface area contributed by atoms with E-state index < -0.39 is 0 Å². The molecule has 20 heavy (non-hydrogen) atoms. The van der Waals surface area contributed by atoms with Gasteiger partial charge in [-0.3, -0.25) is 0 Å². The van der Waals surface area contributed by atoms with Crippen LogP contribution in [0.2, 0.25) is 0 Å². The predicted octanol–water partition coefficient (Wildman–Crippen LogP) is 2.82. The van der Waals surface area contributed by atoms with Crippen molar-refractivity contribution in [2.45, 2.75) is 59.9 Å². The van der Waals surface area contributed by atoms with Crippen molar-refractivity contribution in [2.75, 3.05) is 45.8 Å². The van der Waals surface area contributed by atoms with Crippen LogP contribution in [0.25, 0.3) is 0 Å². The molecule has 3 heteroatoms. The Morgan fingerprint density at radius 1 is 1.00 bits per heavy atom. The molecule has 0 bridgehead atoms. The van der Waals surface area contributed by atoms with Crippen molar-refractivity contribution in [1.29, 1.82) is 0 Å². The fraction of sp³-hybridized carbons (Fsp3) is 1.00. The van der Waals surface area contributed by atoms with E-state index in [1.165, 1.54) is 65.1 Å². The third-order valence-corrected chi connectivity index (χ3v) is 5.06. The van der Waals surface area contributed by atoms with Gasteiger partial charge in [0.2, 0.25) is 0 Å². The highest BCUT2D eigenvalue weighted by atomic mass is 15.2. The number of hydrogen-bond donors (Lipinski definition) is 1. The summed E-state index contributed by atoms with van der Waals surface area (Å²) in [5, 5.41) is 3.74. The quantitative estimate of drug-likeness (QED) is 0.702. The molecule has 1 saturated heterocycles. The van der Waals surface area contributed by atoms with E-state index in [4.69, 9.17) is 0 Å². The van der Waals surface area contributed by atoms with Crippen molar-refractivity contribution in [3.8, 4) is 0 Å². The number of likely N-dealkylation sites (N-methyl/N-ethyl adjacent to an activating group) is 1. The molecule has 1 aliphatic heterocycles. The minimum Gasteiger partial charge on any atom is -0.312 e. The first-order chi connectivity index (χ1) is 9.53. The van der Waals surface area contributed by atoms with Gasteiger partial charge >= 0.3 is 0 Å². The molecule has 1 fully saturated rings. The van der Waals surface area contributed by atoms with Crippen LogP contribution in [0, 0.1) is 5.41 Å². The van der Waals surface area contributed by atoms with E-state index in [0.717, 1.165) is 0 Å². The first kappa shape index (κ1) is 17.9. The molecule has 0 spiro atoms. The number of piperidine rings is 1. The van der Waals surface area contributed by atoms with Gasteiger partial charge in [-0.2, -0.15) is 0 Å². The smallest absolute Gasteiger partial charge is 0.0246 e. The van der Waals surface area contributed by atoms with E-state index in [-0.39, 0.29) is 0 Å². The monoisotopic (exact) mass is 283 g/mol. The van der Waals surface area contributed by atoms with Crippen molar-refractivity contribution in [1.82, 2.24) is 15.1 Å². The Labute approximate surface area is 127 Å². The van der Waals surface area contributed by atoms with Crippen LogP contribution in [-0.2, 0) is 0 Å². The SMILES string of the molecule is CCN(CC)CCCN(CC)CC1NCCCC1(C)C. The summed E-state index contributed by atoms with van der Waals surface area (Å²) in [6, 6.07) is 0.657. The highest BCUT2D eigenvalue weighted by Gasteiger charge is 2.32. The van der Waals surface area contributed by atoms with Crippen LogP contribution in [-0.4, -0.2) is 61.7 Å². The zero-order valence-electron chi connectivity index (χ0n) is 14.5. The molecule has 1 aliphatic rings. The van der Waals surface area contributed by atoms with Crippen LogP contribution >= 0.6 is 0 Å². The number of nitrogens with zero attached hydrogens (tertiary/aromatic N) is 2. The summed E-state index contributed by atoms with van der Waals surface area (Å²) >= 11 is 0. The van der Waals surface area contributed by atoms with Crippen molar-refractivity contribution in [3.63, 3.8) is 0 Å². The first-order valence-corrected chi connectivity index (χ1v) is 8.71. The molecular weight excluding hydrogens is 246 g/mol. The Morgan fingerprint density at radius 3 is 2.15 bits per heavy atom. The van der Waals surface area contributed by atoms with Gasteiger partial charge in [-0.15, -0.1) is 0 Å². The topological polar surface area (TPSA) is 18.5 Å². The lowest BCUT2D eigenvalue weighted by molar-refractivity contribution is 0.126. The summed E-state index contributed by atoms with van der Waals surface area (Å²) in [6.07, 6.45) is 3.99. The summed E-state index contributed by atoms with van der Waals surface area (Å²) in [5.74, 6) is 0. The van der Waals surface area contributed by atoms with Crippen LogP contribution in [0.15, 0.2) is 0 Å². The lowest BCUT2D eigenvalue weighted by Crippen LogP contribution is -2.53. The van der Waals surface area contributed by atoms with Crippen LogP contribution in [0.5, 0.6) is 0 Å². The minimum absolute atomic E-state index is 0.449. The van der Waals surface area contributed by atoms with E-state index in [2.05, 4.69) is 49.7 Å². The van der Waals surface area contributed by atoms with Crippen LogP contribution in [0.1, 0.15) is 53.9 Å². The summed E-state index contributed by atoms with van der Waals surface area (Å²) < 4.78 is 0. The van der Waals surface area contributed by atoms with Gasteiger partial charge in [-0.05, 0) is 63.9 Å². The number of nitrogens with one attached hydrogen (secondary N) is 1. The van der Waals surface area contributed by atoms with E-state index in [1.54, 1.807) is 0 Å². The molecule has 0 amide bonds. The second kappa shape index (κ2) is 9.01. The van der Waals surface area contributed by atoms with Crippen LogP contribution in [0.3, 0.4) is 0 Å². The minimum atomic E-state index is 0.449. The Hall–Kier alpha value is -0.120. The molecule has 1 unspecified atom stereocenters. The zero-order valence-corrected chi connectivity index (χ0v) is 14.5.